The van der Waals surface area contributed by atoms with Gasteiger partial charge in [-0.2, -0.15) is 0 Å². The molecule has 3 aromatic rings. The first-order valence-corrected chi connectivity index (χ1v) is 9.02. The van der Waals surface area contributed by atoms with Gasteiger partial charge in [-0.05, 0) is 18.6 Å². The monoisotopic (exact) mass is 376 g/mol. The summed E-state index contributed by atoms with van der Waals surface area (Å²) in [5, 5.41) is 15.7. The maximum atomic E-state index is 12.5. The van der Waals surface area contributed by atoms with Crippen LogP contribution in [-0.2, 0) is 4.79 Å². The molecule has 142 valence electrons. The number of nitro groups is 1. The van der Waals surface area contributed by atoms with Gasteiger partial charge in [0.25, 0.3) is 11.6 Å². The summed E-state index contributed by atoms with van der Waals surface area (Å²) < 4.78 is 0. The van der Waals surface area contributed by atoms with Crippen molar-refractivity contribution >= 4 is 17.3 Å². The van der Waals surface area contributed by atoms with E-state index in [-0.39, 0.29) is 24.2 Å². The molecule has 0 saturated carbocycles. The van der Waals surface area contributed by atoms with Crippen molar-refractivity contribution in [2.45, 2.75) is 13.0 Å². The van der Waals surface area contributed by atoms with Gasteiger partial charge in [0.1, 0.15) is 6.04 Å². The summed E-state index contributed by atoms with van der Waals surface area (Å²) in [5.41, 5.74) is 3.49. The Morgan fingerprint density at radius 1 is 1.00 bits per heavy atom. The second-order valence-electron chi connectivity index (χ2n) is 6.54. The van der Waals surface area contributed by atoms with E-state index in [1.165, 1.54) is 12.1 Å². The summed E-state index contributed by atoms with van der Waals surface area (Å²) in [4.78, 5) is 22.9. The van der Waals surface area contributed by atoms with E-state index < -0.39 is 4.92 Å². The van der Waals surface area contributed by atoms with Crippen LogP contribution in [0.25, 0.3) is 0 Å². The van der Waals surface area contributed by atoms with Crippen LogP contribution in [0.1, 0.15) is 22.7 Å². The van der Waals surface area contributed by atoms with Gasteiger partial charge in [0.15, 0.2) is 6.54 Å². The topological polar surface area (TPSA) is 88.9 Å². The van der Waals surface area contributed by atoms with Crippen LogP contribution in [0.2, 0.25) is 0 Å². The minimum atomic E-state index is -0.448. The van der Waals surface area contributed by atoms with Gasteiger partial charge >= 0.3 is 0 Å². The Balaban J connectivity index is 1.70. The van der Waals surface area contributed by atoms with Gasteiger partial charge in [0.2, 0.25) is 0 Å². The molecule has 3 N–H and O–H groups in total. The summed E-state index contributed by atoms with van der Waals surface area (Å²) in [7, 11) is 0. The highest BCUT2D eigenvalue weighted by Gasteiger charge is 2.19. The number of hydrogen-bond acceptors (Lipinski definition) is 3. The van der Waals surface area contributed by atoms with Gasteiger partial charge in [-0.25, -0.2) is 0 Å². The lowest BCUT2D eigenvalue weighted by Crippen LogP contribution is -2.87. The SMILES string of the molecule is Cc1cc([N+](=O)[O-])ccc1NC(=O)C[NH2+]C(c1ccccc1)c1ccccc1. The number of quaternary nitrogens is 1. The summed E-state index contributed by atoms with van der Waals surface area (Å²) >= 11 is 0. The number of nitrogens with one attached hydrogen (secondary N) is 1. The highest BCUT2D eigenvalue weighted by molar-refractivity contribution is 5.92. The number of anilines is 1. The molecule has 0 aliphatic rings. The number of carbonyl (C=O) groups excluding carboxylic acids is 1. The van der Waals surface area contributed by atoms with E-state index in [4.69, 9.17) is 0 Å². The van der Waals surface area contributed by atoms with Crippen molar-refractivity contribution in [2.75, 3.05) is 11.9 Å². The van der Waals surface area contributed by atoms with Crippen molar-refractivity contribution < 1.29 is 15.0 Å². The molecule has 0 radical (unpaired) electrons. The van der Waals surface area contributed by atoms with Crippen molar-refractivity contribution in [1.29, 1.82) is 0 Å². The minimum absolute atomic E-state index is 0.00566. The molecule has 0 fully saturated rings. The van der Waals surface area contributed by atoms with Gasteiger partial charge in [0.05, 0.1) is 4.92 Å². The fourth-order valence-electron chi connectivity index (χ4n) is 3.11. The molecular formula is C22H22N3O3+. The zero-order chi connectivity index (χ0) is 19.9. The largest absolute Gasteiger partial charge is 0.328 e. The van der Waals surface area contributed by atoms with Gasteiger partial charge < -0.3 is 10.6 Å². The van der Waals surface area contributed by atoms with Crippen LogP contribution in [0, 0.1) is 17.0 Å². The average molecular weight is 376 g/mol. The standard InChI is InChI=1S/C22H21N3O3/c1-16-14-19(25(27)28)12-13-20(16)24-21(26)15-23-22(17-8-4-2-5-9-17)18-10-6-3-7-11-18/h2-14,22-23H,15H2,1H3,(H,24,26)/p+1. The molecule has 0 aliphatic heterocycles. The molecule has 6 nitrogen and oxygen atoms in total. The minimum Gasteiger partial charge on any atom is -0.328 e. The number of non-ortho nitro benzene ring substituents is 1. The van der Waals surface area contributed by atoms with Crippen LogP contribution in [0.15, 0.2) is 78.9 Å². The number of carbonyl (C=O) groups is 1. The maximum absolute atomic E-state index is 12.5. The van der Waals surface area contributed by atoms with Crippen molar-refractivity contribution in [3.63, 3.8) is 0 Å². The van der Waals surface area contributed by atoms with E-state index in [9.17, 15) is 14.9 Å². The third-order valence-electron chi connectivity index (χ3n) is 4.55. The molecule has 6 heteroatoms. The smallest absolute Gasteiger partial charge is 0.279 e. The molecule has 0 aromatic heterocycles. The Labute approximate surface area is 163 Å². The summed E-state index contributed by atoms with van der Waals surface area (Å²) in [6.45, 7) is 1.97. The molecule has 28 heavy (non-hydrogen) atoms. The molecule has 3 rings (SSSR count). The van der Waals surface area contributed by atoms with Crippen molar-refractivity contribution in [2.24, 2.45) is 0 Å². The average Bonchev–Trinajstić information content (AvgIpc) is 2.71. The quantitative estimate of drug-likeness (QED) is 0.490. The number of benzene rings is 3. The van der Waals surface area contributed by atoms with E-state index in [1.807, 2.05) is 66.0 Å². The Kier molecular flexibility index (Phi) is 6.14. The number of nitrogens with zero attached hydrogens (tertiary/aromatic N) is 1. The maximum Gasteiger partial charge on any atom is 0.279 e. The first-order valence-electron chi connectivity index (χ1n) is 9.02. The number of amides is 1. The first kappa shape index (κ1) is 19.3. The van der Waals surface area contributed by atoms with E-state index in [2.05, 4.69) is 5.32 Å². The van der Waals surface area contributed by atoms with Gasteiger partial charge in [-0.1, -0.05) is 60.7 Å². The van der Waals surface area contributed by atoms with E-state index >= 15 is 0 Å². The van der Waals surface area contributed by atoms with Crippen molar-refractivity contribution in [1.82, 2.24) is 0 Å². The van der Waals surface area contributed by atoms with Gasteiger partial charge in [0, 0.05) is 28.9 Å². The van der Waals surface area contributed by atoms with Crippen LogP contribution in [0.4, 0.5) is 11.4 Å². The second kappa shape index (κ2) is 8.92. The van der Waals surface area contributed by atoms with E-state index in [0.29, 0.717) is 11.3 Å². The summed E-state index contributed by atoms with van der Waals surface area (Å²) in [5.74, 6) is -0.159. The van der Waals surface area contributed by atoms with Gasteiger partial charge in [-0.3, -0.25) is 14.9 Å². The lowest BCUT2D eigenvalue weighted by molar-refractivity contribution is -0.676. The van der Waals surface area contributed by atoms with Crippen LogP contribution in [0.5, 0.6) is 0 Å². The molecule has 3 aromatic carbocycles. The number of nitrogens with two attached hydrogens (primary N) is 1. The number of rotatable bonds is 7. The Bertz CT molecular complexity index is 920. The third-order valence-corrected chi connectivity index (χ3v) is 4.55. The number of aryl methyl sites for hydroxylation is 1. The van der Waals surface area contributed by atoms with E-state index in [1.54, 1.807) is 13.0 Å². The van der Waals surface area contributed by atoms with Crippen LogP contribution in [-0.4, -0.2) is 17.4 Å². The Hall–Kier alpha value is -3.51. The molecule has 0 aliphatic carbocycles. The Morgan fingerprint density at radius 2 is 1.57 bits per heavy atom. The summed E-state index contributed by atoms with van der Waals surface area (Å²) in [6, 6.07) is 24.5. The molecule has 0 saturated heterocycles. The zero-order valence-corrected chi connectivity index (χ0v) is 15.5. The van der Waals surface area contributed by atoms with Crippen molar-refractivity contribution in [3.8, 4) is 0 Å². The zero-order valence-electron chi connectivity index (χ0n) is 15.5. The normalized spacial score (nSPS) is 10.6. The Morgan fingerprint density at radius 3 is 2.07 bits per heavy atom. The summed E-state index contributed by atoms with van der Waals surface area (Å²) in [6.07, 6.45) is 0. The van der Waals surface area contributed by atoms with Gasteiger partial charge in [-0.15, -0.1) is 0 Å². The molecule has 0 bridgehead atoms. The fraction of sp³-hybridized carbons (Fsp3) is 0.136. The van der Waals surface area contributed by atoms with E-state index in [0.717, 1.165) is 11.1 Å². The van der Waals surface area contributed by atoms with Crippen LogP contribution in [0.3, 0.4) is 0 Å². The third kappa shape index (κ3) is 4.81. The highest BCUT2D eigenvalue weighted by Crippen LogP contribution is 2.21. The molecule has 0 atom stereocenters. The molecule has 0 unspecified atom stereocenters. The highest BCUT2D eigenvalue weighted by atomic mass is 16.6. The lowest BCUT2D eigenvalue weighted by Gasteiger charge is -2.16. The molecule has 1 amide bonds. The molecular weight excluding hydrogens is 354 g/mol. The number of hydrogen-bond donors (Lipinski definition) is 2. The van der Waals surface area contributed by atoms with Crippen molar-refractivity contribution in [3.05, 3.63) is 106 Å². The predicted molar refractivity (Wildman–Crippen MR) is 108 cm³/mol. The van der Waals surface area contributed by atoms with Crippen LogP contribution < -0.4 is 10.6 Å². The molecule has 0 spiro atoms. The second-order valence-corrected chi connectivity index (χ2v) is 6.54. The predicted octanol–water partition coefficient (Wildman–Crippen LogP) is 3.19. The number of nitro benzene ring substituents is 1. The lowest BCUT2D eigenvalue weighted by atomic mass is 9.99. The molecule has 0 heterocycles. The first-order chi connectivity index (χ1) is 13.5. The van der Waals surface area contributed by atoms with Crippen LogP contribution >= 0.6 is 0 Å². The fourth-order valence-corrected chi connectivity index (χ4v) is 3.11.